The van der Waals surface area contributed by atoms with Crippen LogP contribution in [-0.2, 0) is 47.3 Å². The maximum atomic E-state index is 9.87. The number of carboxylic acids is 3. The molecule has 0 aliphatic heterocycles. The van der Waals surface area contributed by atoms with Crippen LogP contribution in [0.1, 0.15) is 40.0 Å². The molecule has 0 saturated carbocycles. The van der Waals surface area contributed by atoms with Gasteiger partial charge >= 0.3 is 17.9 Å². The molecule has 0 heterocycles. The summed E-state index contributed by atoms with van der Waals surface area (Å²) in [5.41, 5.74) is 0. The summed E-state index contributed by atoms with van der Waals surface area (Å²) in [5, 5.41) is 23.6. The second-order valence-corrected chi connectivity index (χ2v) is 3.82. The molecule has 0 amide bonds. The minimum Gasteiger partial charge on any atom is -0.481 e. The fourth-order valence-corrected chi connectivity index (χ4v) is 0.639. The van der Waals surface area contributed by atoms with Gasteiger partial charge in [0.25, 0.3) is 0 Å². The van der Waals surface area contributed by atoms with Gasteiger partial charge in [-0.2, -0.15) is 0 Å². The van der Waals surface area contributed by atoms with E-state index in [9.17, 15) is 28.8 Å². The molecular weight excluding hydrogens is 339 g/mol. The first-order valence-corrected chi connectivity index (χ1v) is 5.52. The average Bonchev–Trinajstić information content (AvgIpc) is 2.10. The molecule has 125 valence electrons. The van der Waals surface area contributed by atoms with Crippen LogP contribution in [0.4, 0.5) is 0 Å². The van der Waals surface area contributed by atoms with E-state index in [0.717, 1.165) is 0 Å². The Balaban J connectivity index is -0.000000108. The van der Waals surface area contributed by atoms with Crippen molar-refractivity contribution in [3.63, 3.8) is 0 Å². The van der Waals surface area contributed by atoms with E-state index >= 15 is 0 Å². The average molecular weight is 357 g/mol. The Morgan fingerprint density at radius 2 is 0.682 bits per heavy atom. The second-order valence-electron chi connectivity index (χ2n) is 3.82. The SMILES string of the molecule is CC(=O)CC(=O)O.CC(=O)CC(=O)O.CC(=O)CC(=O)O.[V]. The minimum atomic E-state index is -1.06. The summed E-state index contributed by atoms with van der Waals surface area (Å²) in [6, 6.07) is 0. The molecule has 0 atom stereocenters. The van der Waals surface area contributed by atoms with Gasteiger partial charge in [0.2, 0.25) is 0 Å². The Morgan fingerprint density at radius 1 is 0.545 bits per heavy atom. The molecule has 0 bridgehead atoms. The summed E-state index contributed by atoms with van der Waals surface area (Å²) >= 11 is 0. The monoisotopic (exact) mass is 357 g/mol. The van der Waals surface area contributed by atoms with E-state index in [-0.39, 0.29) is 55.2 Å². The summed E-state index contributed by atoms with van der Waals surface area (Å²) in [6.07, 6.45) is -1.08. The molecular formula is C12H18O9V. The molecule has 22 heavy (non-hydrogen) atoms. The van der Waals surface area contributed by atoms with Gasteiger partial charge in [0.15, 0.2) is 0 Å². The predicted molar refractivity (Wildman–Crippen MR) is 68.8 cm³/mol. The maximum Gasteiger partial charge on any atom is 0.310 e. The first-order valence-electron chi connectivity index (χ1n) is 5.52. The third-order valence-corrected chi connectivity index (χ3v) is 1.20. The van der Waals surface area contributed by atoms with Gasteiger partial charge in [-0.25, -0.2) is 0 Å². The third kappa shape index (κ3) is 52.0. The molecule has 0 aliphatic rings. The number of hydrogen-bond acceptors (Lipinski definition) is 6. The van der Waals surface area contributed by atoms with Crippen LogP contribution in [0.15, 0.2) is 0 Å². The zero-order valence-corrected chi connectivity index (χ0v) is 13.8. The molecule has 0 aliphatic carbocycles. The van der Waals surface area contributed by atoms with Crippen molar-refractivity contribution in [3.8, 4) is 0 Å². The van der Waals surface area contributed by atoms with E-state index in [1.165, 1.54) is 20.8 Å². The van der Waals surface area contributed by atoms with Gasteiger partial charge in [0, 0.05) is 18.6 Å². The normalized spacial score (nSPS) is 7.77. The van der Waals surface area contributed by atoms with Crippen molar-refractivity contribution in [1.82, 2.24) is 0 Å². The number of rotatable bonds is 6. The summed E-state index contributed by atoms with van der Waals surface area (Å²) < 4.78 is 0. The molecule has 0 rings (SSSR count). The standard InChI is InChI=1S/3C4H6O3.V/c3*1-3(5)2-4(6)7;/h3*2H2,1H3,(H,6,7);. The Hall–Kier alpha value is -2.00. The Morgan fingerprint density at radius 3 is 0.682 bits per heavy atom. The van der Waals surface area contributed by atoms with Crippen molar-refractivity contribution in [3.05, 3.63) is 0 Å². The second kappa shape index (κ2) is 17.1. The molecule has 0 saturated heterocycles. The van der Waals surface area contributed by atoms with Crippen molar-refractivity contribution in [2.24, 2.45) is 0 Å². The molecule has 1 radical (unpaired) electrons. The minimum absolute atomic E-state index is 0. The summed E-state index contributed by atoms with van der Waals surface area (Å²) in [4.78, 5) is 58.4. The van der Waals surface area contributed by atoms with Crippen LogP contribution in [0.5, 0.6) is 0 Å². The molecule has 9 nitrogen and oxygen atoms in total. The van der Waals surface area contributed by atoms with Gasteiger partial charge in [0.1, 0.15) is 36.6 Å². The summed E-state index contributed by atoms with van der Waals surface area (Å²) in [7, 11) is 0. The predicted octanol–water partition coefficient (Wildman–Crippen LogP) is 0.148. The maximum absolute atomic E-state index is 9.87. The summed E-state index contributed by atoms with van der Waals surface area (Å²) in [6.45, 7) is 3.73. The smallest absolute Gasteiger partial charge is 0.310 e. The van der Waals surface area contributed by atoms with Crippen LogP contribution in [0, 0.1) is 0 Å². The van der Waals surface area contributed by atoms with Crippen molar-refractivity contribution in [1.29, 1.82) is 0 Å². The molecule has 0 aromatic rings. The number of carbonyl (C=O) groups excluding carboxylic acids is 3. The van der Waals surface area contributed by atoms with Crippen LogP contribution in [0.3, 0.4) is 0 Å². The molecule has 0 fully saturated rings. The number of aliphatic carboxylic acids is 3. The Bertz CT molecular complexity index is 317. The van der Waals surface area contributed by atoms with Gasteiger partial charge < -0.3 is 15.3 Å². The van der Waals surface area contributed by atoms with Crippen LogP contribution in [-0.4, -0.2) is 50.6 Å². The number of ketones is 3. The van der Waals surface area contributed by atoms with Gasteiger partial charge in [-0.1, -0.05) is 0 Å². The van der Waals surface area contributed by atoms with Gasteiger partial charge in [0.05, 0.1) is 0 Å². The Labute approximate surface area is 138 Å². The Kier molecular flexibility index (Phi) is 21.9. The van der Waals surface area contributed by atoms with Crippen molar-refractivity contribution >= 4 is 35.3 Å². The number of carboxylic acid groups (broad SMARTS) is 3. The van der Waals surface area contributed by atoms with Crippen LogP contribution in [0.2, 0.25) is 0 Å². The summed E-state index contributed by atoms with van der Waals surface area (Å²) in [5.74, 6) is -4.12. The fourth-order valence-electron chi connectivity index (χ4n) is 0.639. The van der Waals surface area contributed by atoms with E-state index < -0.39 is 17.9 Å². The molecule has 0 unspecified atom stereocenters. The molecule has 10 heteroatoms. The topological polar surface area (TPSA) is 163 Å². The van der Waals surface area contributed by atoms with E-state index in [0.29, 0.717) is 0 Å². The first-order chi connectivity index (χ1) is 9.38. The van der Waals surface area contributed by atoms with Gasteiger partial charge in [-0.3, -0.25) is 28.8 Å². The largest absolute Gasteiger partial charge is 0.481 e. The van der Waals surface area contributed by atoms with Crippen molar-refractivity contribution < 1.29 is 62.6 Å². The first kappa shape index (κ1) is 28.2. The van der Waals surface area contributed by atoms with E-state index in [1.807, 2.05) is 0 Å². The van der Waals surface area contributed by atoms with E-state index in [4.69, 9.17) is 15.3 Å². The number of carbonyl (C=O) groups is 6. The quantitative estimate of drug-likeness (QED) is 0.561. The van der Waals surface area contributed by atoms with Crippen molar-refractivity contribution in [2.45, 2.75) is 40.0 Å². The van der Waals surface area contributed by atoms with E-state index in [1.54, 1.807) is 0 Å². The zero-order valence-electron chi connectivity index (χ0n) is 12.4. The van der Waals surface area contributed by atoms with Crippen LogP contribution < -0.4 is 0 Å². The van der Waals surface area contributed by atoms with Crippen LogP contribution >= 0.6 is 0 Å². The number of Topliss-reactive ketones (excluding diaryl/α,β-unsaturated/α-hetero) is 3. The number of hydrogen-bond donors (Lipinski definition) is 3. The van der Waals surface area contributed by atoms with Crippen LogP contribution in [0.25, 0.3) is 0 Å². The molecule has 3 N–H and O–H groups in total. The molecule has 0 spiro atoms. The molecule has 0 aromatic heterocycles. The van der Waals surface area contributed by atoms with Gasteiger partial charge in [-0.05, 0) is 20.8 Å². The van der Waals surface area contributed by atoms with E-state index in [2.05, 4.69) is 0 Å². The third-order valence-electron chi connectivity index (χ3n) is 1.20. The molecule has 0 aromatic carbocycles. The zero-order chi connectivity index (χ0) is 17.6. The van der Waals surface area contributed by atoms with Gasteiger partial charge in [-0.15, -0.1) is 0 Å². The van der Waals surface area contributed by atoms with Crippen molar-refractivity contribution in [2.75, 3.05) is 0 Å². The fraction of sp³-hybridized carbons (Fsp3) is 0.500.